The minimum absolute atomic E-state index is 0.0569. The molecule has 1 aromatic heterocycles. The second-order valence-electron chi connectivity index (χ2n) is 3.98. The first-order valence-electron chi connectivity index (χ1n) is 5.16. The molecule has 15 heavy (non-hydrogen) atoms. The van der Waals surface area contributed by atoms with E-state index in [0.29, 0.717) is 5.92 Å². The Morgan fingerprint density at radius 1 is 1.60 bits per heavy atom. The number of halogens is 2. The Balaban J connectivity index is 2.08. The molecule has 0 radical (unpaired) electrons. The third kappa shape index (κ3) is 2.68. The topological polar surface area (TPSA) is 9.23 Å². The maximum absolute atomic E-state index is 6.44. The monoisotopic (exact) mass is 264 g/mol. The molecule has 0 aromatic carbocycles. The third-order valence-corrected chi connectivity index (χ3v) is 5.12. The molecule has 0 N–H and O–H groups in total. The highest BCUT2D eigenvalue weighted by Crippen LogP contribution is 2.40. The first kappa shape index (κ1) is 11.7. The highest BCUT2D eigenvalue weighted by molar-refractivity contribution is 7.16. The lowest BCUT2D eigenvalue weighted by molar-refractivity contribution is 0.0534. The Labute approximate surface area is 104 Å². The minimum atomic E-state index is 0.0569. The van der Waals surface area contributed by atoms with Gasteiger partial charge in [0, 0.05) is 17.4 Å². The molecular formula is C11H14Cl2OS. The molecule has 84 valence electrons. The highest BCUT2D eigenvalue weighted by Gasteiger charge is 2.25. The van der Waals surface area contributed by atoms with E-state index in [1.807, 2.05) is 6.92 Å². The molecule has 0 aliphatic carbocycles. The maximum atomic E-state index is 6.44. The maximum Gasteiger partial charge on any atom is 0.0960 e. The van der Waals surface area contributed by atoms with Crippen molar-refractivity contribution in [3.63, 3.8) is 0 Å². The lowest BCUT2D eigenvalue weighted by Crippen LogP contribution is -2.20. The molecule has 2 atom stereocenters. The Morgan fingerprint density at radius 2 is 2.40 bits per heavy atom. The molecule has 1 aromatic rings. The number of hydrogen-bond donors (Lipinski definition) is 0. The van der Waals surface area contributed by atoms with Gasteiger partial charge in [0.1, 0.15) is 0 Å². The van der Waals surface area contributed by atoms with E-state index in [4.69, 9.17) is 27.9 Å². The largest absolute Gasteiger partial charge is 0.381 e. The van der Waals surface area contributed by atoms with Crippen LogP contribution in [0.4, 0.5) is 0 Å². The summed E-state index contributed by atoms with van der Waals surface area (Å²) in [5, 5.41) is 0.0569. The number of hydrogen-bond acceptors (Lipinski definition) is 2. The summed E-state index contributed by atoms with van der Waals surface area (Å²) in [6.07, 6.45) is 2.27. The molecule has 2 unspecified atom stereocenters. The molecule has 0 saturated carbocycles. The second-order valence-corrected chi connectivity index (χ2v) is 6.14. The molecule has 1 fully saturated rings. The van der Waals surface area contributed by atoms with Crippen LogP contribution in [-0.2, 0) is 4.74 Å². The molecule has 0 spiro atoms. The molecule has 1 aliphatic rings. The van der Waals surface area contributed by atoms with Crippen LogP contribution < -0.4 is 0 Å². The lowest BCUT2D eigenvalue weighted by atomic mass is 9.97. The number of alkyl halides is 1. The minimum Gasteiger partial charge on any atom is -0.381 e. The van der Waals surface area contributed by atoms with Gasteiger partial charge in [0.15, 0.2) is 0 Å². The van der Waals surface area contributed by atoms with Crippen molar-refractivity contribution in [2.75, 3.05) is 13.2 Å². The van der Waals surface area contributed by atoms with Crippen molar-refractivity contribution < 1.29 is 4.74 Å². The molecule has 1 aliphatic heterocycles. The zero-order valence-electron chi connectivity index (χ0n) is 8.63. The molecule has 1 saturated heterocycles. The van der Waals surface area contributed by atoms with Crippen LogP contribution in [0.5, 0.6) is 0 Å². The Hall–Kier alpha value is 0.240. The fourth-order valence-corrected chi connectivity index (χ4v) is 3.53. The smallest absolute Gasteiger partial charge is 0.0960 e. The molecule has 4 heteroatoms. The van der Waals surface area contributed by atoms with Gasteiger partial charge in [0.25, 0.3) is 0 Å². The second kappa shape index (κ2) is 5.05. The van der Waals surface area contributed by atoms with Crippen LogP contribution in [0, 0.1) is 12.8 Å². The molecular weight excluding hydrogens is 251 g/mol. The van der Waals surface area contributed by atoms with Gasteiger partial charge < -0.3 is 4.74 Å². The van der Waals surface area contributed by atoms with Crippen LogP contribution in [0.25, 0.3) is 0 Å². The predicted octanol–water partition coefficient (Wildman–Crippen LogP) is 4.42. The summed E-state index contributed by atoms with van der Waals surface area (Å²) >= 11 is 14.1. The lowest BCUT2D eigenvalue weighted by Gasteiger charge is -2.25. The number of aryl methyl sites for hydroxylation is 1. The first-order chi connectivity index (χ1) is 7.18. The van der Waals surface area contributed by atoms with E-state index in [0.717, 1.165) is 36.0 Å². The fourth-order valence-electron chi connectivity index (χ4n) is 1.85. The summed E-state index contributed by atoms with van der Waals surface area (Å²) < 4.78 is 6.30. The van der Waals surface area contributed by atoms with Gasteiger partial charge in [-0.2, -0.15) is 0 Å². The van der Waals surface area contributed by atoms with Gasteiger partial charge in [-0.1, -0.05) is 11.6 Å². The first-order valence-corrected chi connectivity index (χ1v) is 6.79. The number of ether oxygens (including phenoxy) is 1. The van der Waals surface area contributed by atoms with Crippen molar-refractivity contribution >= 4 is 34.5 Å². The Kier molecular flexibility index (Phi) is 3.94. The predicted molar refractivity (Wildman–Crippen MR) is 66.2 cm³/mol. The zero-order valence-corrected chi connectivity index (χ0v) is 11.0. The van der Waals surface area contributed by atoms with Crippen molar-refractivity contribution in [1.29, 1.82) is 0 Å². The molecule has 0 amide bonds. The van der Waals surface area contributed by atoms with Crippen molar-refractivity contribution in [1.82, 2.24) is 0 Å². The Bertz CT molecular complexity index is 312. The normalized spacial score (nSPS) is 24.1. The van der Waals surface area contributed by atoms with E-state index in [1.54, 1.807) is 11.3 Å². The summed E-state index contributed by atoms with van der Waals surface area (Å²) in [4.78, 5) is 1.18. The van der Waals surface area contributed by atoms with Crippen LogP contribution in [0.3, 0.4) is 0 Å². The zero-order chi connectivity index (χ0) is 10.8. The van der Waals surface area contributed by atoms with E-state index < -0.39 is 0 Å². The van der Waals surface area contributed by atoms with Gasteiger partial charge >= 0.3 is 0 Å². The summed E-state index contributed by atoms with van der Waals surface area (Å²) in [5.74, 6) is 0.439. The van der Waals surface area contributed by atoms with Gasteiger partial charge in [-0.3, -0.25) is 0 Å². The standard InChI is InChI=1S/C11H14Cl2OS/c1-7-5-9(15-11(7)13)10(12)8-3-2-4-14-6-8/h5,8,10H,2-4,6H2,1H3. The summed E-state index contributed by atoms with van der Waals surface area (Å²) in [5.41, 5.74) is 1.12. The Morgan fingerprint density at radius 3 is 2.93 bits per heavy atom. The summed E-state index contributed by atoms with van der Waals surface area (Å²) in [7, 11) is 0. The van der Waals surface area contributed by atoms with Crippen molar-refractivity contribution in [3.8, 4) is 0 Å². The van der Waals surface area contributed by atoms with Gasteiger partial charge in [-0.05, 0) is 31.4 Å². The quantitative estimate of drug-likeness (QED) is 0.719. The molecule has 0 bridgehead atoms. The van der Waals surface area contributed by atoms with E-state index in [9.17, 15) is 0 Å². The average Bonchev–Trinajstić information content (AvgIpc) is 2.59. The van der Waals surface area contributed by atoms with E-state index in [-0.39, 0.29) is 5.38 Å². The van der Waals surface area contributed by atoms with E-state index >= 15 is 0 Å². The number of thiophene rings is 1. The van der Waals surface area contributed by atoms with Crippen LogP contribution in [0.1, 0.15) is 28.7 Å². The van der Waals surface area contributed by atoms with Crippen LogP contribution >= 0.6 is 34.5 Å². The van der Waals surface area contributed by atoms with Gasteiger partial charge in [0.2, 0.25) is 0 Å². The van der Waals surface area contributed by atoms with E-state index in [2.05, 4.69) is 6.07 Å². The fraction of sp³-hybridized carbons (Fsp3) is 0.636. The highest BCUT2D eigenvalue weighted by atomic mass is 35.5. The van der Waals surface area contributed by atoms with Crippen LogP contribution in [-0.4, -0.2) is 13.2 Å². The molecule has 2 heterocycles. The van der Waals surface area contributed by atoms with Gasteiger partial charge in [0.05, 0.1) is 16.3 Å². The van der Waals surface area contributed by atoms with Gasteiger partial charge in [-0.25, -0.2) is 0 Å². The van der Waals surface area contributed by atoms with Crippen LogP contribution in [0.2, 0.25) is 4.34 Å². The van der Waals surface area contributed by atoms with Crippen molar-refractivity contribution in [2.24, 2.45) is 5.92 Å². The third-order valence-electron chi connectivity index (χ3n) is 2.76. The average molecular weight is 265 g/mol. The SMILES string of the molecule is Cc1cc(C(Cl)C2CCCOC2)sc1Cl. The number of rotatable bonds is 2. The van der Waals surface area contributed by atoms with Crippen molar-refractivity contribution in [2.45, 2.75) is 25.1 Å². The molecule has 2 rings (SSSR count). The molecule has 1 nitrogen and oxygen atoms in total. The van der Waals surface area contributed by atoms with Gasteiger partial charge in [-0.15, -0.1) is 22.9 Å². The van der Waals surface area contributed by atoms with Crippen molar-refractivity contribution in [3.05, 3.63) is 20.8 Å². The van der Waals surface area contributed by atoms with Crippen LogP contribution in [0.15, 0.2) is 6.07 Å². The summed E-state index contributed by atoms with van der Waals surface area (Å²) in [6, 6.07) is 2.10. The summed E-state index contributed by atoms with van der Waals surface area (Å²) in [6.45, 7) is 3.68. The van der Waals surface area contributed by atoms with E-state index in [1.165, 1.54) is 4.88 Å².